The first-order chi connectivity index (χ1) is 34.3. The Labute approximate surface area is 394 Å². The van der Waals surface area contributed by atoms with E-state index in [4.69, 9.17) is 24.9 Å². The average Bonchev–Trinajstić information content (AvgIpc) is 4.06. The Morgan fingerprint density at radius 2 is 0.493 bits per heavy atom. The number of benzene rings is 9. The highest BCUT2D eigenvalue weighted by atomic mass is 15.3. The molecule has 0 unspecified atom stereocenters. The molecule has 69 heavy (non-hydrogen) atoms. The Morgan fingerprint density at radius 1 is 0.217 bits per heavy atom. The van der Waals surface area contributed by atoms with Crippen LogP contribution in [0.5, 0.6) is 0 Å². The minimum absolute atomic E-state index is 0.388. The summed E-state index contributed by atoms with van der Waals surface area (Å²) in [4.78, 5) is 28.5. The molecule has 0 bridgehead atoms. The second-order valence-corrected chi connectivity index (χ2v) is 17.6. The molecule has 8 heteroatoms. The zero-order chi connectivity index (χ0) is 45.2. The maximum Gasteiger partial charge on any atom is 0.240 e. The molecular formula is C61H36N8. The number of aromatic nitrogens is 8. The van der Waals surface area contributed by atoms with E-state index in [0.717, 1.165) is 110 Å². The van der Waals surface area contributed by atoms with Crippen molar-refractivity contribution in [1.82, 2.24) is 38.6 Å². The molecule has 0 saturated heterocycles. The van der Waals surface area contributed by atoms with Crippen LogP contribution in [0.2, 0.25) is 0 Å². The summed E-state index contributed by atoms with van der Waals surface area (Å²) in [5, 5.41) is 6.65. The third kappa shape index (κ3) is 5.42. The SMILES string of the molecule is c1ccc2c(c1)-c1ccccc1-c1nc(-c3nc(-n4c5ccccc5c5ccccc54)nc(-n4c5ccccc5c5ccccc54)n3)c(-n3c4ccccc4c4ccccc43)nc1-c1ccccc1-2. The molecule has 0 N–H and O–H groups in total. The first-order valence-corrected chi connectivity index (χ1v) is 23.2. The number of para-hydroxylation sites is 6. The lowest BCUT2D eigenvalue weighted by molar-refractivity contribution is 0.885. The van der Waals surface area contributed by atoms with Gasteiger partial charge in [0.25, 0.3) is 0 Å². The molecule has 9 aromatic carbocycles. The van der Waals surface area contributed by atoms with Gasteiger partial charge in [-0.05, 0) is 58.7 Å². The van der Waals surface area contributed by atoms with Crippen molar-refractivity contribution < 1.29 is 0 Å². The lowest BCUT2D eigenvalue weighted by Crippen LogP contribution is -2.13. The van der Waals surface area contributed by atoms with E-state index in [1.165, 1.54) is 0 Å². The summed E-state index contributed by atoms with van der Waals surface area (Å²) in [5.41, 5.74) is 14.4. The quantitative estimate of drug-likeness (QED) is 0.176. The molecule has 0 saturated carbocycles. The molecule has 15 rings (SSSR count). The van der Waals surface area contributed by atoms with Gasteiger partial charge in [-0.1, -0.05) is 182 Å². The predicted molar refractivity (Wildman–Crippen MR) is 279 cm³/mol. The summed E-state index contributed by atoms with van der Waals surface area (Å²) in [6.07, 6.45) is 0. The van der Waals surface area contributed by atoms with Gasteiger partial charge in [0, 0.05) is 43.4 Å². The van der Waals surface area contributed by atoms with Gasteiger partial charge in [-0.25, -0.2) is 9.97 Å². The molecule has 14 aromatic rings. The highest BCUT2D eigenvalue weighted by Crippen LogP contribution is 2.48. The monoisotopic (exact) mass is 880 g/mol. The van der Waals surface area contributed by atoms with E-state index in [1.807, 2.05) is 0 Å². The minimum atomic E-state index is 0.388. The first-order valence-electron chi connectivity index (χ1n) is 23.2. The Balaban J connectivity index is 1.13. The largest absolute Gasteiger partial charge is 0.292 e. The maximum absolute atomic E-state index is 5.92. The average molecular weight is 881 g/mol. The molecule has 5 aromatic heterocycles. The van der Waals surface area contributed by atoms with Gasteiger partial charge in [0.05, 0.1) is 44.5 Å². The minimum Gasteiger partial charge on any atom is -0.292 e. The summed E-state index contributed by atoms with van der Waals surface area (Å²) < 4.78 is 6.58. The zero-order valence-electron chi connectivity index (χ0n) is 36.9. The van der Waals surface area contributed by atoms with Crippen LogP contribution in [0, 0.1) is 0 Å². The number of rotatable bonds is 4. The smallest absolute Gasteiger partial charge is 0.240 e. The molecule has 5 heterocycles. The van der Waals surface area contributed by atoms with Crippen LogP contribution in [-0.2, 0) is 0 Å². The molecule has 0 radical (unpaired) electrons. The number of fused-ring (bicyclic) bond motifs is 17. The molecule has 1 aliphatic rings. The molecule has 0 amide bonds. The molecule has 0 fully saturated rings. The van der Waals surface area contributed by atoms with E-state index in [2.05, 4.69) is 232 Å². The van der Waals surface area contributed by atoms with Crippen LogP contribution in [-0.4, -0.2) is 38.6 Å². The van der Waals surface area contributed by atoms with E-state index in [9.17, 15) is 0 Å². The fourth-order valence-electron chi connectivity index (χ4n) is 11.0. The van der Waals surface area contributed by atoms with Gasteiger partial charge >= 0.3 is 0 Å². The van der Waals surface area contributed by atoms with Gasteiger partial charge in [0.2, 0.25) is 11.9 Å². The van der Waals surface area contributed by atoms with Crippen molar-refractivity contribution in [3.05, 3.63) is 218 Å². The Bertz CT molecular complexity index is 4170. The maximum atomic E-state index is 5.92. The van der Waals surface area contributed by atoms with Crippen LogP contribution < -0.4 is 0 Å². The fraction of sp³-hybridized carbons (Fsp3) is 0. The van der Waals surface area contributed by atoms with E-state index < -0.39 is 0 Å². The standard InChI is InChI=1S/C61H36N8/c1-2-20-38-37(19-1)39-21-3-5-29-47(39)55-56(48-30-6-4-22-40(38)48)63-59(67-49-31-13-7-23-41(49)42-24-8-14-32-50(42)67)57(62-55)58-64-60(68-51-33-15-9-25-43(51)44-26-10-16-34-52(44)68)66-61(65-58)69-53-35-17-11-27-45(53)46-28-12-18-36-54(46)69/h1-36H. The Hall–Kier alpha value is -9.53. The fourth-order valence-corrected chi connectivity index (χ4v) is 11.0. The summed E-state index contributed by atoms with van der Waals surface area (Å²) in [7, 11) is 0. The third-order valence-corrected chi connectivity index (χ3v) is 13.9. The molecule has 0 atom stereocenters. The van der Waals surface area contributed by atoms with Crippen LogP contribution in [0.25, 0.3) is 139 Å². The molecule has 320 valence electrons. The van der Waals surface area contributed by atoms with E-state index in [0.29, 0.717) is 29.2 Å². The summed E-state index contributed by atoms with van der Waals surface area (Å²) in [6, 6.07) is 76.7. The van der Waals surface area contributed by atoms with Gasteiger partial charge < -0.3 is 0 Å². The van der Waals surface area contributed by atoms with E-state index in [1.54, 1.807) is 0 Å². The van der Waals surface area contributed by atoms with Gasteiger partial charge in [-0.3, -0.25) is 13.7 Å². The molecular weight excluding hydrogens is 845 g/mol. The molecule has 0 spiro atoms. The van der Waals surface area contributed by atoms with Gasteiger partial charge in [-0.2, -0.15) is 15.0 Å². The van der Waals surface area contributed by atoms with Crippen LogP contribution in [0.1, 0.15) is 0 Å². The second-order valence-electron chi connectivity index (χ2n) is 17.6. The summed E-state index contributed by atoms with van der Waals surface area (Å²) >= 11 is 0. The summed E-state index contributed by atoms with van der Waals surface area (Å²) in [5.74, 6) is 1.94. The van der Waals surface area contributed by atoms with Crippen LogP contribution in [0.4, 0.5) is 0 Å². The third-order valence-electron chi connectivity index (χ3n) is 13.9. The van der Waals surface area contributed by atoms with Gasteiger partial charge in [-0.15, -0.1) is 0 Å². The number of nitrogens with zero attached hydrogens (tertiary/aromatic N) is 8. The van der Waals surface area contributed by atoms with Gasteiger partial charge in [0.1, 0.15) is 0 Å². The van der Waals surface area contributed by atoms with Crippen molar-refractivity contribution in [2.45, 2.75) is 0 Å². The van der Waals surface area contributed by atoms with E-state index >= 15 is 0 Å². The van der Waals surface area contributed by atoms with Crippen LogP contribution >= 0.6 is 0 Å². The highest BCUT2D eigenvalue weighted by Gasteiger charge is 2.30. The lowest BCUT2D eigenvalue weighted by atomic mass is 9.84. The van der Waals surface area contributed by atoms with Crippen molar-refractivity contribution in [2.75, 3.05) is 0 Å². The Morgan fingerprint density at radius 3 is 0.855 bits per heavy atom. The molecule has 8 nitrogen and oxygen atoms in total. The van der Waals surface area contributed by atoms with Crippen LogP contribution in [0.15, 0.2) is 218 Å². The zero-order valence-corrected chi connectivity index (χ0v) is 36.9. The lowest BCUT2D eigenvalue weighted by Gasteiger charge is -2.23. The predicted octanol–water partition coefficient (Wildman–Crippen LogP) is 14.6. The van der Waals surface area contributed by atoms with E-state index in [-0.39, 0.29) is 0 Å². The van der Waals surface area contributed by atoms with Crippen molar-refractivity contribution in [2.24, 2.45) is 0 Å². The van der Waals surface area contributed by atoms with Crippen molar-refractivity contribution >= 4 is 65.4 Å². The Kier molecular flexibility index (Phi) is 7.91. The first kappa shape index (κ1) is 37.7. The number of hydrogen-bond acceptors (Lipinski definition) is 5. The number of hydrogen-bond donors (Lipinski definition) is 0. The van der Waals surface area contributed by atoms with Gasteiger partial charge in [0.15, 0.2) is 17.3 Å². The van der Waals surface area contributed by atoms with Crippen molar-refractivity contribution in [3.63, 3.8) is 0 Å². The summed E-state index contributed by atoms with van der Waals surface area (Å²) in [6.45, 7) is 0. The molecule has 0 aliphatic heterocycles. The normalized spacial score (nSPS) is 12.1. The van der Waals surface area contributed by atoms with Crippen molar-refractivity contribution in [3.8, 4) is 74.0 Å². The molecule has 1 aliphatic carbocycles. The topological polar surface area (TPSA) is 79.2 Å². The second kappa shape index (κ2) is 14.5. The highest BCUT2D eigenvalue weighted by molar-refractivity contribution is 6.12. The van der Waals surface area contributed by atoms with Crippen LogP contribution in [0.3, 0.4) is 0 Å². The van der Waals surface area contributed by atoms with Crippen molar-refractivity contribution in [1.29, 1.82) is 0 Å².